The van der Waals surface area contributed by atoms with Gasteiger partial charge in [0.25, 0.3) is 5.91 Å². The third kappa shape index (κ3) is 5.28. The number of anilines is 1. The number of thiazole rings is 1. The van der Waals surface area contributed by atoms with Crippen molar-refractivity contribution in [3.63, 3.8) is 0 Å². The van der Waals surface area contributed by atoms with Gasteiger partial charge in [0.2, 0.25) is 0 Å². The highest BCUT2D eigenvalue weighted by Gasteiger charge is 2.19. The summed E-state index contributed by atoms with van der Waals surface area (Å²) in [6.45, 7) is 11.7. The maximum Gasteiger partial charge on any atom is 0.252 e. The van der Waals surface area contributed by atoms with Gasteiger partial charge in [-0.05, 0) is 61.8 Å². The van der Waals surface area contributed by atoms with Crippen molar-refractivity contribution >= 4 is 50.3 Å². The predicted octanol–water partition coefficient (Wildman–Crippen LogP) is 5.95. The molecule has 3 aromatic rings. The maximum atomic E-state index is 13.2. The summed E-state index contributed by atoms with van der Waals surface area (Å²) in [6, 6.07) is 11.7. The number of halogens is 1. The average molecular weight is 442 g/mol. The molecule has 0 fully saturated rings. The Morgan fingerprint density at radius 3 is 2.57 bits per heavy atom. The molecule has 4 nitrogen and oxygen atoms in total. The number of hydrogen-bond donors (Lipinski definition) is 0. The number of likely N-dealkylation sites (N-methyl/N-ethyl adjacent to an activating group) is 1. The van der Waals surface area contributed by atoms with E-state index in [9.17, 15) is 4.79 Å². The van der Waals surface area contributed by atoms with Gasteiger partial charge in [0.15, 0.2) is 5.13 Å². The summed E-state index contributed by atoms with van der Waals surface area (Å²) in [5.74, 6) is -0.0875. The van der Waals surface area contributed by atoms with Crippen molar-refractivity contribution < 1.29 is 4.79 Å². The molecule has 1 aromatic heterocycles. The number of nitrogens with zero attached hydrogens (tertiary/aromatic N) is 3. The van der Waals surface area contributed by atoms with Crippen LogP contribution in [0.25, 0.3) is 16.3 Å². The first-order valence-electron chi connectivity index (χ1n) is 10.3. The Hall–Kier alpha value is -2.21. The Labute approximate surface area is 187 Å². The van der Waals surface area contributed by atoms with Gasteiger partial charge in [0.1, 0.15) is 0 Å². The standard InChI is InChI=1S/C24H28ClN3OS/c1-5-27(6-2)13-14-28(22(29)12-11-19-9-7-8-10-20(19)25)24-26-21-16-17(3)15-18(4)23(21)30-24/h7-12,15-16H,5-6,13-14H2,1-4H3/b12-11+. The first-order valence-corrected chi connectivity index (χ1v) is 11.5. The lowest BCUT2D eigenvalue weighted by Crippen LogP contribution is -2.38. The van der Waals surface area contributed by atoms with E-state index in [1.54, 1.807) is 28.4 Å². The van der Waals surface area contributed by atoms with E-state index in [0.717, 1.165) is 40.5 Å². The number of benzene rings is 2. The second-order valence-corrected chi connectivity index (χ2v) is 8.68. The molecule has 0 aliphatic carbocycles. The summed E-state index contributed by atoms with van der Waals surface area (Å²) in [7, 11) is 0. The molecule has 0 unspecified atom stereocenters. The Morgan fingerprint density at radius 2 is 1.87 bits per heavy atom. The first kappa shape index (κ1) is 22.5. The lowest BCUT2D eigenvalue weighted by atomic mass is 10.1. The van der Waals surface area contributed by atoms with Gasteiger partial charge in [-0.25, -0.2) is 4.98 Å². The molecule has 0 saturated heterocycles. The fraction of sp³-hybridized carbons (Fsp3) is 0.333. The quantitative estimate of drug-likeness (QED) is 0.405. The minimum atomic E-state index is -0.0875. The lowest BCUT2D eigenvalue weighted by Gasteiger charge is -2.23. The van der Waals surface area contributed by atoms with Gasteiger partial charge in [-0.2, -0.15) is 0 Å². The number of hydrogen-bond acceptors (Lipinski definition) is 4. The second-order valence-electron chi connectivity index (χ2n) is 7.30. The molecule has 0 bridgehead atoms. The van der Waals surface area contributed by atoms with Crippen LogP contribution in [-0.2, 0) is 4.79 Å². The van der Waals surface area contributed by atoms with Crippen molar-refractivity contribution in [1.82, 2.24) is 9.88 Å². The number of carbonyl (C=O) groups is 1. The molecule has 3 rings (SSSR count). The van der Waals surface area contributed by atoms with Gasteiger partial charge in [-0.1, -0.05) is 61.1 Å². The van der Waals surface area contributed by atoms with Gasteiger partial charge in [-0.15, -0.1) is 0 Å². The minimum Gasteiger partial charge on any atom is -0.302 e. The largest absolute Gasteiger partial charge is 0.302 e. The van der Waals surface area contributed by atoms with Gasteiger partial charge in [0, 0.05) is 24.2 Å². The SMILES string of the molecule is CCN(CC)CCN(C(=O)/C=C/c1ccccc1Cl)c1nc2cc(C)cc(C)c2s1. The third-order valence-electron chi connectivity index (χ3n) is 5.15. The van der Waals surface area contributed by atoms with Gasteiger partial charge in [0.05, 0.1) is 10.2 Å². The molecular formula is C24H28ClN3OS. The summed E-state index contributed by atoms with van der Waals surface area (Å²) in [4.78, 5) is 22.1. The monoisotopic (exact) mass is 441 g/mol. The molecule has 0 spiro atoms. The second kappa shape index (κ2) is 10.2. The van der Waals surface area contributed by atoms with Crippen LogP contribution in [0.2, 0.25) is 5.02 Å². The molecule has 1 amide bonds. The van der Waals surface area contributed by atoms with E-state index in [0.29, 0.717) is 11.6 Å². The highest BCUT2D eigenvalue weighted by molar-refractivity contribution is 7.22. The van der Waals surface area contributed by atoms with E-state index in [-0.39, 0.29) is 5.91 Å². The van der Waals surface area contributed by atoms with E-state index in [2.05, 4.69) is 44.7 Å². The van der Waals surface area contributed by atoms with E-state index in [1.165, 1.54) is 11.1 Å². The molecular weight excluding hydrogens is 414 g/mol. The van der Waals surface area contributed by atoms with Crippen LogP contribution in [0.5, 0.6) is 0 Å². The number of aryl methyl sites for hydroxylation is 2. The molecule has 0 saturated carbocycles. The highest BCUT2D eigenvalue weighted by atomic mass is 35.5. The zero-order chi connectivity index (χ0) is 21.7. The van der Waals surface area contributed by atoms with Crippen molar-refractivity contribution in [3.8, 4) is 0 Å². The van der Waals surface area contributed by atoms with Crippen molar-refractivity contribution in [3.05, 3.63) is 64.2 Å². The summed E-state index contributed by atoms with van der Waals surface area (Å²) in [6.07, 6.45) is 3.37. The lowest BCUT2D eigenvalue weighted by molar-refractivity contribution is -0.114. The topological polar surface area (TPSA) is 36.4 Å². The summed E-state index contributed by atoms with van der Waals surface area (Å²) >= 11 is 7.81. The Morgan fingerprint density at radius 1 is 1.13 bits per heavy atom. The molecule has 0 aliphatic rings. The summed E-state index contributed by atoms with van der Waals surface area (Å²) < 4.78 is 1.13. The maximum absolute atomic E-state index is 13.2. The highest BCUT2D eigenvalue weighted by Crippen LogP contribution is 2.32. The van der Waals surface area contributed by atoms with E-state index >= 15 is 0 Å². The number of rotatable bonds is 8. The van der Waals surface area contributed by atoms with Crippen molar-refractivity contribution in [2.45, 2.75) is 27.7 Å². The van der Waals surface area contributed by atoms with Crippen LogP contribution in [0, 0.1) is 13.8 Å². The van der Waals surface area contributed by atoms with Crippen molar-refractivity contribution in [2.24, 2.45) is 0 Å². The molecule has 2 aromatic carbocycles. The normalized spacial score (nSPS) is 11.7. The van der Waals surface area contributed by atoms with E-state index in [1.807, 2.05) is 24.3 Å². The fourth-order valence-electron chi connectivity index (χ4n) is 3.42. The molecule has 0 N–H and O–H groups in total. The molecule has 0 aliphatic heterocycles. The predicted molar refractivity (Wildman–Crippen MR) is 130 cm³/mol. The van der Waals surface area contributed by atoms with E-state index < -0.39 is 0 Å². The first-order chi connectivity index (χ1) is 14.4. The van der Waals surface area contributed by atoms with Crippen LogP contribution in [0.1, 0.15) is 30.5 Å². The van der Waals surface area contributed by atoms with Crippen LogP contribution >= 0.6 is 22.9 Å². The molecule has 0 radical (unpaired) electrons. The van der Waals surface area contributed by atoms with Gasteiger partial charge < -0.3 is 4.90 Å². The Bertz CT molecular complexity index is 1060. The Kier molecular flexibility index (Phi) is 7.64. The smallest absolute Gasteiger partial charge is 0.252 e. The van der Waals surface area contributed by atoms with E-state index in [4.69, 9.17) is 16.6 Å². The van der Waals surface area contributed by atoms with Crippen LogP contribution < -0.4 is 4.90 Å². The van der Waals surface area contributed by atoms with Crippen molar-refractivity contribution in [2.75, 3.05) is 31.1 Å². The number of carbonyl (C=O) groups excluding carboxylic acids is 1. The molecule has 0 atom stereocenters. The minimum absolute atomic E-state index is 0.0875. The van der Waals surface area contributed by atoms with Crippen LogP contribution in [0.3, 0.4) is 0 Å². The average Bonchev–Trinajstić information content (AvgIpc) is 3.14. The molecule has 6 heteroatoms. The molecule has 158 valence electrons. The molecule has 30 heavy (non-hydrogen) atoms. The zero-order valence-electron chi connectivity index (χ0n) is 18.0. The summed E-state index contributed by atoms with van der Waals surface area (Å²) in [5.41, 5.74) is 4.14. The molecule has 1 heterocycles. The van der Waals surface area contributed by atoms with Crippen LogP contribution in [0.4, 0.5) is 5.13 Å². The zero-order valence-corrected chi connectivity index (χ0v) is 19.6. The van der Waals surface area contributed by atoms with Gasteiger partial charge >= 0.3 is 0 Å². The number of fused-ring (bicyclic) bond motifs is 1. The fourth-order valence-corrected chi connectivity index (χ4v) is 4.67. The third-order valence-corrected chi connectivity index (χ3v) is 6.72. The van der Waals surface area contributed by atoms with Gasteiger partial charge in [-0.3, -0.25) is 9.69 Å². The summed E-state index contributed by atoms with van der Waals surface area (Å²) in [5, 5.41) is 1.36. The van der Waals surface area contributed by atoms with Crippen LogP contribution in [-0.4, -0.2) is 42.0 Å². The Balaban J connectivity index is 1.92. The van der Waals surface area contributed by atoms with Crippen molar-refractivity contribution in [1.29, 1.82) is 0 Å². The number of aromatic nitrogens is 1. The van der Waals surface area contributed by atoms with Crippen LogP contribution in [0.15, 0.2) is 42.5 Å². The number of amides is 1.